The van der Waals surface area contributed by atoms with E-state index < -0.39 is 0 Å². The van der Waals surface area contributed by atoms with Crippen LogP contribution in [0.3, 0.4) is 0 Å². The molecule has 0 spiro atoms. The van der Waals surface area contributed by atoms with Crippen molar-refractivity contribution < 1.29 is 9.47 Å². The molecule has 1 aromatic carbocycles. The van der Waals surface area contributed by atoms with Gasteiger partial charge < -0.3 is 25.0 Å². The molecule has 0 aliphatic heterocycles. The van der Waals surface area contributed by atoms with Gasteiger partial charge in [0, 0.05) is 44.9 Å². The van der Waals surface area contributed by atoms with E-state index in [1.807, 2.05) is 6.92 Å². The number of aliphatic imine (C=N–C) groups is 1. The van der Waals surface area contributed by atoms with Crippen LogP contribution in [0.15, 0.2) is 23.2 Å². The molecule has 0 saturated heterocycles. The van der Waals surface area contributed by atoms with Crippen LogP contribution < -0.4 is 15.4 Å². The highest BCUT2D eigenvalue weighted by Crippen LogP contribution is 2.20. The molecule has 0 fully saturated rings. The molecule has 6 nitrogen and oxygen atoms in total. The minimum atomic E-state index is 0. The molecule has 0 amide bonds. The highest BCUT2D eigenvalue weighted by Gasteiger charge is 2.08. The second-order valence-corrected chi connectivity index (χ2v) is 6.75. The molecule has 0 saturated carbocycles. The zero-order valence-corrected chi connectivity index (χ0v) is 20.7. The summed E-state index contributed by atoms with van der Waals surface area (Å²) in [5.74, 6) is 1.70. The molecule has 7 heteroatoms. The molecule has 1 rings (SSSR count). The van der Waals surface area contributed by atoms with E-state index in [1.165, 1.54) is 5.56 Å². The summed E-state index contributed by atoms with van der Waals surface area (Å²) in [6, 6.07) is 6.86. The van der Waals surface area contributed by atoms with E-state index in [0.29, 0.717) is 32.4 Å². The molecule has 0 aliphatic carbocycles. The van der Waals surface area contributed by atoms with Crippen molar-refractivity contribution in [3.63, 3.8) is 0 Å². The molecule has 0 aromatic heterocycles. The van der Waals surface area contributed by atoms with E-state index in [1.54, 1.807) is 7.05 Å². The first-order valence-electron chi connectivity index (χ1n) is 9.96. The fourth-order valence-electron chi connectivity index (χ4n) is 2.58. The van der Waals surface area contributed by atoms with Crippen molar-refractivity contribution in [1.82, 2.24) is 15.5 Å². The van der Waals surface area contributed by atoms with Gasteiger partial charge in [-0.1, -0.05) is 19.1 Å². The summed E-state index contributed by atoms with van der Waals surface area (Å²) in [5.41, 5.74) is 2.29. The molecule has 28 heavy (non-hydrogen) atoms. The maximum Gasteiger partial charge on any atom is 0.191 e. The van der Waals surface area contributed by atoms with Gasteiger partial charge in [-0.15, -0.1) is 24.0 Å². The first-order chi connectivity index (χ1) is 13.0. The van der Waals surface area contributed by atoms with Crippen molar-refractivity contribution in [1.29, 1.82) is 0 Å². The third-order valence-electron chi connectivity index (χ3n) is 4.68. The van der Waals surface area contributed by atoms with Crippen LogP contribution in [0.4, 0.5) is 0 Å². The highest BCUT2D eigenvalue weighted by molar-refractivity contribution is 14.0. The van der Waals surface area contributed by atoms with Gasteiger partial charge in [-0.05, 0) is 45.9 Å². The van der Waals surface area contributed by atoms with Crippen molar-refractivity contribution in [2.24, 2.45) is 4.99 Å². The molecule has 1 aromatic rings. The van der Waals surface area contributed by atoms with Crippen LogP contribution in [0.2, 0.25) is 0 Å². The molecule has 1 atom stereocenters. The number of halogens is 1. The molecule has 2 N–H and O–H groups in total. The monoisotopic (exact) mass is 506 g/mol. The van der Waals surface area contributed by atoms with E-state index >= 15 is 0 Å². The van der Waals surface area contributed by atoms with Crippen molar-refractivity contribution in [3.8, 4) is 5.75 Å². The topological polar surface area (TPSA) is 58.1 Å². The third-order valence-corrected chi connectivity index (χ3v) is 4.68. The standard InChI is InChI=1S/C21H38N4O2.HI/c1-7-18(4)25(6)12-11-23-21(22-5)24-16-19-10-9-17(3)15-20(19)27-14-13-26-8-2;/h9-10,15,18H,7-8,11-14,16H2,1-6H3,(H2,22,23,24);1H. The molecule has 0 heterocycles. The van der Waals surface area contributed by atoms with Gasteiger partial charge >= 0.3 is 0 Å². The number of likely N-dealkylation sites (N-methyl/N-ethyl adjacent to an activating group) is 1. The van der Waals surface area contributed by atoms with Crippen LogP contribution in [0.1, 0.15) is 38.3 Å². The predicted molar refractivity (Wildman–Crippen MR) is 129 cm³/mol. The lowest BCUT2D eigenvalue weighted by molar-refractivity contribution is 0.110. The number of ether oxygens (including phenoxy) is 2. The Bertz CT molecular complexity index is 569. The first kappa shape index (κ1) is 26.9. The van der Waals surface area contributed by atoms with Gasteiger partial charge in [0.1, 0.15) is 12.4 Å². The average Bonchev–Trinajstić information content (AvgIpc) is 2.68. The lowest BCUT2D eigenvalue weighted by atomic mass is 10.1. The Morgan fingerprint density at radius 1 is 1.21 bits per heavy atom. The van der Waals surface area contributed by atoms with Gasteiger partial charge in [-0.2, -0.15) is 0 Å². The first-order valence-corrected chi connectivity index (χ1v) is 9.96. The summed E-state index contributed by atoms with van der Waals surface area (Å²) in [7, 11) is 3.95. The van der Waals surface area contributed by atoms with Crippen LogP contribution in [-0.4, -0.2) is 63.9 Å². The summed E-state index contributed by atoms with van der Waals surface area (Å²) < 4.78 is 11.3. The van der Waals surface area contributed by atoms with Crippen LogP contribution >= 0.6 is 24.0 Å². The third kappa shape index (κ3) is 10.5. The van der Waals surface area contributed by atoms with E-state index in [-0.39, 0.29) is 24.0 Å². The van der Waals surface area contributed by atoms with Gasteiger partial charge in [-0.25, -0.2) is 0 Å². The summed E-state index contributed by atoms with van der Waals surface area (Å²) in [6.07, 6.45) is 1.16. The second kappa shape index (κ2) is 15.8. The van der Waals surface area contributed by atoms with Crippen LogP contribution in [0, 0.1) is 6.92 Å². The fraction of sp³-hybridized carbons (Fsp3) is 0.667. The van der Waals surface area contributed by atoms with Gasteiger partial charge in [-0.3, -0.25) is 4.99 Å². The van der Waals surface area contributed by atoms with Crippen molar-refractivity contribution in [3.05, 3.63) is 29.3 Å². The molecular formula is C21H39IN4O2. The highest BCUT2D eigenvalue weighted by atomic mass is 127. The number of hydrogen-bond donors (Lipinski definition) is 2. The number of aryl methyl sites for hydroxylation is 1. The molecule has 1 unspecified atom stereocenters. The smallest absolute Gasteiger partial charge is 0.191 e. The van der Waals surface area contributed by atoms with Crippen LogP contribution in [0.5, 0.6) is 5.75 Å². The van der Waals surface area contributed by atoms with Gasteiger partial charge in [0.15, 0.2) is 5.96 Å². The van der Waals surface area contributed by atoms with E-state index in [4.69, 9.17) is 9.47 Å². The predicted octanol–water partition coefficient (Wildman–Crippen LogP) is 3.42. The Morgan fingerprint density at radius 3 is 2.61 bits per heavy atom. The van der Waals surface area contributed by atoms with E-state index in [0.717, 1.165) is 36.8 Å². The number of benzene rings is 1. The zero-order valence-electron chi connectivity index (χ0n) is 18.4. The summed E-state index contributed by atoms with van der Waals surface area (Å²) in [5, 5.41) is 6.75. The Balaban J connectivity index is 0.00000729. The number of nitrogens with zero attached hydrogens (tertiary/aromatic N) is 2. The number of nitrogens with one attached hydrogen (secondary N) is 2. The minimum absolute atomic E-state index is 0. The van der Waals surface area contributed by atoms with E-state index in [2.05, 4.69) is 66.5 Å². The Morgan fingerprint density at radius 2 is 1.96 bits per heavy atom. The minimum Gasteiger partial charge on any atom is -0.491 e. The maximum atomic E-state index is 5.91. The quantitative estimate of drug-likeness (QED) is 0.197. The number of rotatable bonds is 12. The van der Waals surface area contributed by atoms with Crippen molar-refractivity contribution in [2.45, 2.75) is 46.7 Å². The van der Waals surface area contributed by atoms with Gasteiger partial charge in [0.25, 0.3) is 0 Å². The number of hydrogen-bond acceptors (Lipinski definition) is 4. The summed E-state index contributed by atoms with van der Waals surface area (Å²) >= 11 is 0. The zero-order chi connectivity index (χ0) is 20.1. The normalized spacial score (nSPS) is 12.5. The summed E-state index contributed by atoms with van der Waals surface area (Å²) in [4.78, 5) is 6.67. The Hall–Kier alpha value is -1.06. The van der Waals surface area contributed by atoms with Gasteiger partial charge in [0.2, 0.25) is 0 Å². The summed E-state index contributed by atoms with van der Waals surface area (Å²) in [6.45, 7) is 12.9. The SMILES string of the molecule is CCOCCOc1cc(C)ccc1CNC(=NC)NCCN(C)C(C)CC.I. The maximum absolute atomic E-state index is 5.91. The van der Waals surface area contributed by atoms with E-state index in [9.17, 15) is 0 Å². The Labute approximate surface area is 188 Å². The van der Waals surface area contributed by atoms with Crippen molar-refractivity contribution in [2.75, 3.05) is 47.0 Å². The molecular weight excluding hydrogens is 467 g/mol. The van der Waals surface area contributed by atoms with Crippen molar-refractivity contribution >= 4 is 29.9 Å². The average molecular weight is 506 g/mol. The Kier molecular flexibility index (Phi) is 15.2. The molecule has 0 aliphatic rings. The molecule has 162 valence electrons. The lowest BCUT2D eigenvalue weighted by Gasteiger charge is -2.24. The molecule has 0 bridgehead atoms. The van der Waals surface area contributed by atoms with Crippen LogP contribution in [-0.2, 0) is 11.3 Å². The second-order valence-electron chi connectivity index (χ2n) is 6.75. The van der Waals surface area contributed by atoms with Gasteiger partial charge in [0.05, 0.1) is 6.61 Å². The van der Waals surface area contributed by atoms with Crippen LogP contribution in [0.25, 0.3) is 0 Å². The molecule has 0 radical (unpaired) electrons. The number of guanidine groups is 1. The largest absolute Gasteiger partial charge is 0.491 e. The lowest BCUT2D eigenvalue weighted by Crippen LogP contribution is -2.42. The fourth-order valence-corrected chi connectivity index (χ4v) is 2.58.